The number of aromatic hydroxyl groups is 1. The maximum atomic E-state index is 13.3. The second kappa shape index (κ2) is 8.12. The smallest absolute Gasteiger partial charge is 0.257 e. The zero-order valence-corrected chi connectivity index (χ0v) is 16.1. The number of hydrogen-bond acceptors (Lipinski definition) is 4. The summed E-state index contributed by atoms with van der Waals surface area (Å²) in [5.74, 6) is 0.234. The van der Waals surface area contributed by atoms with Crippen LogP contribution in [0.1, 0.15) is 17.2 Å². The highest BCUT2D eigenvalue weighted by Gasteiger charge is 2.32. The van der Waals surface area contributed by atoms with Crippen LogP contribution in [0.15, 0.2) is 84.6 Å². The number of aromatic nitrogens is 1. The van der Waals surface area contributed by atoms with Crippen LogP contribution >= 0.6 is 12.2 Å². The Labute approximate surface area is 173 Å². The van der Waals surface area contributed by atoms with Gasteiger partial charge in [-0.15, -0.1) is 0 Å². The molecule has 1 aliphatic rings. The van der Waals surface area contributed by atoms with Gasteiger partial charge in [0.1, 0.15) is 11.6 Å². The Morgan fingerprint density at radius 1 is 1.03 bits per heavy atom. The third-order valence-corrected chi connectivity index (χ3v) is 4.71. The van der Waals surface area contributed by atoms with Crippen molar-refractivity contribution >= 4 is 34.8 Å². The summed E-state index contributed by atoms with van der Waals surface area (Å²) in [5, 5.41) is 19.5. The summed E-state index contributed by atoms with van der Waals surface area (Å²) < 4.78 is 0. The third-order valence-electron chi connectivity index (χ3n) is 4.49. The van der Waals surface area contributed by atoms with E-state index < -0.39 is 6.04 Å². The summed E-state index contributed by atoms with van der Waals surface area (Å²) in [6.07, 6.45) is 1.61. The fourth-order valence-corrected chi connectivity index (χ4v) is 3.44. The summed E-state index contributed by atoms with van der Waals surface area (Å²) in [6, 6.07) is 21.0. The average molecular weight is 402 g/mol. The van der Waals surface area contributed by atoms with Crippen LogP contribution in [0.25, 0.3) is 5.70 Å². The van der Waals surface area contributed by atoms with Gasteiger partial charge in [0, 0.05) is 6.20 Å². The predicted octanol–water partition coefficient (Wildman–Crippen LogP) is 3.36. The molecule has 0 aliphatic carbocycles. The number of pyridine rings is 1. The number of thiocarbonyl (C=S) groups is 1. The second-order valence-electron chi connectivity index (χ2n) is 6.45. The molecule has 1 amide bonds. The lowest BCUT2D eigenvalue weighted by Crippen LogP contribution is -2.45. The second-order valence-corrected chi connectivity index (χ2v) is 6.86. The van der Waals surface area contributed by atoms with Crippen molar-refractivity contribution in [2.75, 3.05) is 5.32 Å². The fraction of sp³-hybridized carbons (Fsp3) is 0.0455. The minimum atomic E-state index is -0.547. The van der Waals surface area contributed by atoms with Crippen molar-refractivity contribution in [2.45, 2.75) is 6.04 Å². The van der Waals surface area contributed by atoms with Crippen molar-refractivity contribution in [2.24, 2.45) is 0 Å². The number of carbonyl (C=O) groups is 1. The maximum absolute atomic E-state index is 13.3. The van der Waals surface area contributed by atoms with Gasteiger partial charge in [-0.25, -0.2) is 4.98 Å². The summed E-state index contributed by atoms with van der Waals surface area (Å²) in [4.78, 5) is 17.5. The zero-order chi connectivity index (χ0) is 20.2. The average Bonchev–Trinajstić information content (AvgIpc) is 2.74. The molecule has 29 heavy (non-hydrogen) atoms. The van der Waals surface area contributed by atoms with Crippen LogP contribution in [0, 0.1) is 0 Å². The van der Waals surface area contributed by atoms with E-state index in [0.717, 1.165) is 5.56 Å². The third kappa shape index (κ3) is 4.09. The molecule has 1 aromatic heterocycles. The molecular weight excluding hydrogens is 384 g/mol. The zero-order valence-electron chi connectivity index (χ0n) is 15.3. The number of benzene rings is 2. The first kappa shape index (κ1) is 18.6. The van der Waals surface area contributed by atoms with Crippen molar-refractivity contribution in [3.63, 3.8) is 0 Å². The standard InChI is InChI=1S/C22H18N4O2S/c27-16-10-6-9-15(13-16)20-18(21(28)24-17-11-4-5-12-23-17)19(25-22(29)26-20)14-7-2-1-3-8-14/h1-13,20,27H,(H,23,24,28)(H2,25,26,29)/t20-/m0/s1. The summed E-state index contributed by atoms with van der Waals surface area (Å²) >= 11 is 5.40. The molecule has 2 aromatic carbocycles. The number of hydrogen-bond donors (Lipinski definition) is 4. The van der Waals surface area contributed by atoms with Gasteiger partial charge in [-0.05, 0) is 47.6 Å². The van der Waals surface area contributed by atoms with Crippen LogP contribution in [0.2, 0.25) is 0 Å². The van der Waals surface area contributed by atoms with E-state index in [-0.39, 0.29) is 11.7 Å². The first-order valence-corrected chi connectivity index (χ1v) is 9.41. The van der Waals surface area contributed by atoms with Gasteiger partial charge in [0.15, 0.2) is 5.11 Å². The Bertz CT molecular complexity index is 1080. The highest BCUT2D eigenvalue weighted by molar-refractivity contribution is 7.80. The minimum absolute atomic E-state index is 0.111. The van der Waals surface area contributed by atoms with Crippen LogP contribution in [-0.2, 0) is 4.79 Å². The van der Waals surface area contributed by atoms with Crippen molar-refractivity contribution in [1.82, 2.24) is 15.6 Å². The quantitative estimate of drug-likeness (QED) is 0.501. The molecular formula is C22H18N4O2S. The molecule has 0 saturated carbocycles. The van der Waals surface area contributed by atoms with E-state index in [1.165, 1.54) is 0 Å². The van der Waals surface area contributed by atoms with E-state index in [0.29, 0.717) is 27.8 Å². The van der Waals surface area contributed by atoms with Crippen LogP contribution in [0.4, 0.5) is 5.82 Å². The molecule has 0 radical (unpaired) electrons. The van der Waals surface area contributed by atoms with Gasteiger partial charge >= 0.3 is 0 Å². The number of amides is 1. The first-order valence-electron chi connectivity index (χ1n) is 9.00. The summed E-state index contributed by atoms with van der Waals surface area (Å²) in [7, 11) is 0. The van der Waals surface area contributed by atoms with Gasteiger partial charge in [-0.3, -0.25) is 4.79 Å². The number of rotatable bonds is 4. The van der Waals surface area contributed by atoms with Crippen LogP contribution in [0.5, 0.6) is 5.75 Å². The van der Waals surface area contributed by atoms with E-state index in [1.807, 2.05) is 36.4 Å². The highest BCUT2D eigenvalue weighted by Crippen LogP contribution is 2.33. The summed E-state index contributed by atoms with van der Waals surface area (Å²) in [6.45, 7) is 0. The molecule has 0 fully saturated rings. The normalized spacial score (nSPS) is 16.0. The molecule has 3 aromatic rings. The molecule has 0 spiro atoms. The number of nitrogens with one attached hydrogen (secondary N) is 3. The van der Waals surface area contributed by atoms with E-state index in [2.05, 4.69) is 20.9 Å². The van der Waals surface area contributed by atoms with Crippen molar-refractivity contribution in [3.05, 3.63) is 95.7 Å². The molecule has 7 heteroatoms. The SMILES string of the molecule is O=C(Nc1ccccn1)C1=C(c2ccccc2)NC(=S)N[C@H]1c1cccc(O)c1. The predicted molar refractivity (Wildman–Crippen MR) is 116 cm³/mol. The van der Waals surface area contributed by atoms with Crippen molar-refractivity contribution in [1.29, 1.82) is 0 Å². The van der Waals surface area contributed by atoms with E-state index >= 15 is 0 Å². The Morgan fingerprint density at radius 2 is 1.83 bits per heavy atom. The van der Waals surface area contributed by atoms with Crippen LogP contribution < -0.4 is 16.0 Å². The molecule has 0 unspecified atom stereocenters. The fourth-order valence-electron chi connectivity index (χ4n) is 3.22. The largest absolute Gasteiger partial charge is 0.508 e. The summed E-state index contributed by atoms with van der Waals surface area (Å²) in [5.41, 5.74) is 2.60. The van der Waals surface area contributed by atoms with Gasteiger partial charge in [-0.2, -0.15) is 0 Å². The van der Waals surface area contributed by atoms with E-state index in [1.54, 1.807) is 42.6 Å². The lowest BCUT2D eigenvalue weighted by Gasteiger charge is -2.31. The number of nitrogens with zero attached hydrogens (tertiary/aromatic N) is 1. The molecule has 0 saturated heterocycles. The monoisotopic (exact) mass is 402 g/mol. The molecule has 4 rings (SSSR count). The molecule has 6 nitrogen and oxygen atoms in total. The van der Waals surface area contributed by atoms with Gasteiger partial charge < -0.3 is 21.1 Å². The Hall–Kier alpha value is -3.71. The molecule has 4 N–H and O–H groups in total. The molecule has 2 heterocycles. The van der Waals surface area contributed by atoms with Gasteiger partial charge in [0.05, 0.1) is 17.3 Å². The van der Waals surface area contributed by atoms with E-state index in [9.17, 15) is 9.90 Å². The number of carbonyl (C=O) groups excluding carboxylic acids is 1. The maximum Gasteiger partial charge on any atom is 0.257 e. The minimum Gasteiger partial charge on any atom is -0.508 e. The number of anilines is 1. The van der Waals surface area contributed by atoms with Gasteiger partial charge in [0.25, 0.3) is 5.91 Å². The first-order chi connectivity index (χ1) is 14.1. The van der Waals surface area contributed by atoms with Crippen molar-refractivity contribution in [3.8, 4) is 5.75 Å². The molecule has 0 bridgehead atoms. The van der Waals surface area contributed by atoms with E-state index in [4.69, 9.17) is 12.2 Å². The van der Waals surface area contributed by atoms with Gasteiger partial charge in [0.2, 0.25) is 0 Å². The Kier molecular flexibility index (Phi) is 5.22. The topological polar surface area (TPSA) is 86.3 Å². The van der Waals surface area contributed by atoms with Crippen LogP contribution in [0.3, 0.4) is 0 Å². The Morgan fingerprint density at radius 3 is 2.55 bits per heavy atom. The van der Waals surface area contributed by atoms with Gasteiger partial charge in [-0.1, -0.05) is 48.5 Å². The Balaban J connectivity index is 1.85. The highest BCUT2D eigenvalue weighted by atomic mass is 32.1. The number of phenols is 1. The van der Waals surface area contributed by atoms with Crippen molar-refractivity contribution < 1.29 is 9.90 Å². The van der Waals surface area contributed by atoms with Crippen LogP contribution in [-0.4, -0.2) is 21.1 Å². The lowest BCUT2D eigenvalue weighted by molar-refractivity contribution is -0.113. The molecule has 144 valence electrons. The number of phenolic OH excluding ortho intramolecular Hbond substituents is 1. The molecule has 1 atom stereocenters. The molecule has 1 aliphatic heterocycles. The lowest BCUT2D eigenvalue weighted by atomic mass is 9.92.